The van der Waals surface area contributed by atoms with E-state index in [1.165, 1.54) is 0 Å². The Hall–Kier alpha value is -0.220. The van der Waals surface area contributed by atoms with Crippen LogP contribution in [0.2, 0.25) is 0 Å². The molecule has 1 aliphatic heterocycles. The third-order valence-electron chi connectivity index (χ3n) is 1.80. The fourth-order valence-corrected chi connectivity index (χ4v) is 1.60. The fraction of sp³-hybridized carbons (Fsp3) is 0.875. The SMILES string of the molecule is CSCC(=O)NC1CCCOC1. The van der Waals surface area contributed by atoms with Crippen LogP contribution in [0.4, 0.5) is 0 Å². The average molecular weight is 189 g/mol. The maximum absolute atomic E-state index is 11.1. The van der Waals surface area contributed by atoms with Crippen LogP contribution in [0.5, 0.6) is 0 Å². The number of ether oxygens (including phenoxy) is 1. The number of carbonyl (C=O) groups excluding carboxylic acids is 1. The zero-order valence-corrected chi connectivity index (χ0v) is 8.15. The van der Waals surface area contributed by atoms with Gasteiger partial charge in [-0.1, -0.05) is 0 Å². The van der Waals surface area contributed by atoms with Gasteiger partial charge in [-0.2, -0.15) is 11.8 Å². The van der Waals surface area contributed by atoms with E-state index in [2.05, 4.69) is 5.32 Å². The van der Waals surface area contributed by atoms with Crippen molar-refractivity contribution in [3.05, 3.63) is 0 Å². The molecule has 0 aromatic heterocycles. The van der Waals surface area contributed by atoms with Crippen molar-refractivity contribution >= 4 is 17.7 Å². The number of rotatable bonds is 3. The summed E-state index contributed by atoms with van der Waals surface area (Å²) in [5.74, 6) is 0.675. The predicted octanol–water partition coefficient (Wildman–Crippen LogP) is 0.645. The van der Waals surface area contributed by atoms with Gasteiger partial charge in [0.2, 0.25) is 5.91 Å². The fourth-order valence-electron chi connectivity index (χ4n) is 1.25. The van der Waals surface area contributed by atoms with E-state index in [1.54, 1.807) is 11.8 Å². The topological polar surface area (TPSA) is 38.3 Å². The van der Waals surface area contributed by atoms with Gasteiger partial charge in [0.05, 0.1) is 18.4 Å². The Morgan fingerprint density at radius 1 is 1.75 bits per heavy atom. The molecule has 1 rings (SSSR count). The number of nitrogens with one attached hydrogen (secondary N) is 1. The molecule has 1 heterocycles. The lowest BCUT2D eigenvalue weighted by atomic mass is 10.1. The first-order valence-electron chi connectivity index (χ1n) is 4.19. The van der Waals surface area contributed by atoms with Gasteiger partial charge in [-0.15, -0.1) is 0 Å². The summed E-state index contributed by atoms with van der Waals surface area (Å²) in [5, 5.41) is 2.94. The van der Waals surface area contributed by atoms with Gasteiger partial charge in [0.25, 0.3) is 0 Å². The lowest BCUT2D eigenvalue weighted by Crippen LogP contribution is -2.41. The summed E-state index contributed by atoms with van der Waals surface area (Å²) in [5.41, 5.74) is 0. The molecule has 3 nitrogen and oxygen atoms in total. The van der Waals surface area contributed by atoms with Gasteiger partial charge < -0.3 is 10.1 Å². The summed E-state index contributed by atoms with van der Waals surface area (Å²) >= 11 is 1.55. The molecule has 1 aliphatic rings. The summed E-state index contributed by atoms with van der Waals surface area (Å²) in [6.07, 6.45) is 4.04. The number of hydrogen-bond acceptors (Lipinski definition) is 3. The van der Waals surface area contributed by atoms with Crippen LogP contribution in [-0.2, 0) is 9.53 Å². The van der Waals surface area contributed by atoms with Crippen LogP contribution < -0.4 is 5.32 Å². The third kappa shape index (κ3) is 3.45. The quantitative estimate of drug-likeness (QED) is 0.708. The Morgan fingerprint density at radius 3 is 3.17 bits per heavy atom. The van der Waals surface area contributed by atoms with Gasteiger partial charge in [-0.05, 0) is 19.1 Å². The van der Waals surface area contributed by atoms with Gasteiger partial charge in [-0.25, -0.2) is 0 Å². The van der Waals surface area contributed by atoms with Crippen molar-refractivity contribution in [2.45, 2.75) is 18.9 Å². The zero-order chi connectivity index (χ0) is 8.81. The molecule has 0 saturated carbocycles. The smallest absolute Gasteiger partial charge is 0.230 e. The van der Waals surface area contributed by atoms with Crippen molar-refractivity contribution in [1.29, 1.82) is 0 Å². The standard InChI is InChI=1S/C8H15NO2S/c1-12-6-8(10)9-7-3-2-4-11-5-7/h7H,2-6H2,1H3,(H,9,10). The van der Waals surface area contributed by atoms with Crippen molar-refractivity contribution in [3.63, 3.8) is 0 Å². The van der Waals surface area contributed by atoms with E-state index in [4.69, 9.17) is 4.74 Å². The lowest BCUT2D eigenvalue weighted by Gasteiger charge is -2.22. The molecule has 0 radical (unpaired) electrons. The molecule has 1 N–H and O–H groups in total. The molecule has 1 saturated heterocycles. The van der Waals surface area contributed by atoms with E-state index in [0.29, 0.717) is 12.4 Å². The van der Waals surface area contributed by atoms with Crippen molar-refractivity contribution in [2.24, 2.45) is 0 Å². The normalized spacial score (nSPS) is 23.6. The monoisotopic (exact) mass is 189 g/mol. The van der Waals surface area contributed by atoms with Crippen LogP contribution in [0.25, 0.3) is 0 Å². The van der Waals surface area contributed by atoms with Gasteiger partial charge >= 0.3 is 0 Å². The van der Waals surface area contributed by atoms with Crippen LogP contribution in [0.15, 0.2) is 0 Å². The highest BCUT2D eigenvalue weighted by molar-refractivity contribution is 7.99. The Labute approximate surface area is 77.2 Å². The highest BCUT2D eigenvalue weighted by atomic mass is 32.2. The Kier molecular flexibility index (Phi) is 4.46. The molecule has 0 aromatic carbocycles. The second kappa shape index (κ2) is 5.43. The van der Waals surface area contributed by atoms with E-state index in [-0.39, 0.29) is 11.9 Å². The first kappa shape index (κ1) is 9.86. The third-order valence-corrected chi connectivity index (χ3v) is 2.35. The maximum Gasteiger partial charge on any atom is 0.230 e. The van der Waals surface area contributed by atoms with Gasteiger partial charge in [0, 0.05) is 6.61 Å². The van der Waals surface area contributed by atoms with Gasteiger partial charge in [0.15, 0.2) is 0 Å². The van der Waals surface area contributed by atoms with Crippen molar-refractivity contribution in [2.75, 3.05) is 25.2 Å². The number of carbonyl (C=O) groups is 1. The summed E-state index contributed by atoms with van der Waals surface area (Å²) in [7, 11) is 0. The first-order valence-corrected chi connectivity index (χ1v) is 5.58. The molecular weight excluding hydrogens is 174 g/mol. The minimum Gasteiger partial charge on any atom is -0.379 e. The number of thioether (sulfide) groups is 1. The summed E-state index contributed by atoms with van der Waals surface area (Å²) in [6.45, 7) is 1.52. The summed E-state index contributed by atoms with van der Waals surface area (Å²) in [6, 6.07) is 0.249. The van der Waals surface area contributed by atoms with E-state index in [1.807, 2.05) is 6.26 Å². The molecule has 1 fully saturated rings. The highest BCUT2D eigenvalue weighted by Crippen LogP contribution is 2.05. The molecule has 0 aliphatic carbocycles. The van der Waals surface area contributed by atoms with Crippen LogP contribution >= 0.6 is 11.8 Å². The molecular formula is C8H15NO2S. The zero-order valence-electron chi connectivity index (χ0n) is 7.34. The molecule has 4 heteroatoms. The lowest BCUT2D eigenvalue weighted by molar-refractivity contribution is -0.120. The first-order chi connectivity index (χ1) is 5.83. The Balaban J connectivity index is 2.15. The second-order valence-corrected chi connectivity index (χ2v) is 3.78. The molecule has 1 atom stereocenters. The molecule has 1 unspecified atom stereocenters. The molecule has 0 aromatic rings. The van der Waals surface area contributed by atoms with Crippen LogP contribution in [0.3, 0.4) is 0 Å². The number of amides is 1. The van der Waals surface area contributed by atoms with E-state index in [0.717, 1.165) is 19.4 Å². The van der Waals surface area contributed by atoms with E-state index < -0.39 is 0 Å². The summed E-state index contributed by atoms with van der Waals surface area (Å²) in [4.78, 5) is 11.1. The van der Waals surface area contributed by atoms with Crippen LogP contribution in [0, 0.1) is 0 Å². The Morgan fingerprint density at radius 2 is 2.58 bits per heavy atom. The molecule has 0 bridgehead atoms. The average Bonchev–Trinajstić information content (AvgIpc) is 2.06. The van der Waals surface area contributed by atoms with Crippen LogP contribution in [-0.4, -0.2) is 37.2 Å². The van der Waals surface area contributed by atoms with E-state index >= 15 is 0 Å². The minimum atomic E-state index is 0.123. The van der Waals surface area contributed by atoms with E-state index in [9.17, 15) is 4.79 Å². The maximum atomic E-state index is 11.1. The van der Waals surface area contributed by atoms with Crippen molar-refractivity contribution in [3.8, 4) is 0 Å². The highest BCUT2D eigenvalue weighted by Gasteiger charge is 2.15. The summed E-state index contributed by atoms with van der Waals surface area (Å²) < 4.78 is 5.24. The largest absolute Gasteiger partial charge is 0.379 e. The number of hydrogen-bond donors (Lipinski definition) is 1. The molecule has 0 spiro atoms. The van der Waals surface area contributed by atoms with Crippen molar-refractivity contribution < 1.29 is 9.53 Å². The van der Waals surface area contributed by atoms with Gasteiger partial charge in [0.1, 0.15) is 0 Å². The van der Waals surface area contributed by atoms with Crippen molar-refractivity contribution in [1.82, 2.24) is 5.32 Å². The molecule has 1 amide bonds. The molecule has 70 valence electrons. The van der Waals surface area contributed by atoms with Gasteiger partial charge in [-0.3, -0.25) is 4.79 Å². The van der Waals surface area contributed by atoms with Crippen LogP contribution in [0.1, 0.15) is 12.8 Å². The predicted molar refractivity (Wildman–Crippen MR) is 50.4 cm³/mol. The molecule has 12 heavy (non-hydrogen) atoms. The second-order valence-electron chi connectivity index (χ2n) is 2.91. The Bertz CT molecular complexity index is 146. The minimum absolute atomic E-state index is 0.123.